The van der Waals surface area contributed by atoms with Gasteiger partial charge in [-0.15, -0.1) is 0 Å². The van der Waals surface area contributed by atoms with Crippen molar-refractivity contribution < 1.29 is 5.11 Å². The van der Waals surface area contributed by atoms with Gasteiger partial charge in [0.2, 0.25) is 0 Å². The average Bonchev–Trinajstić information content (AvgIpc) is 2.26. The van der Waals surface area contributed by atoms with Gasteiger partial charge < -0.3 is 10.4 Å². The van der Waals surface area contributed by atoms with Gasteiger partial charge in [-0.05, 0) is 25.0 Å². The summed E-state index contributed by atoms with van der Waals surface area (Å²) in [7, 11) is 0. The fourth-order valence-electron chi connectivity index (χ4n) is 1.38. The van der Waals surface area contributed by atoms with Gasteiger partial charge in [0.05, 0.1) is 6.61 Å². The molecule has 1 heterocycles. The lowest BCUT2D eigenvalue weighted by atomic mass is 10.1. The van der Waals surface area contributed by atoms with Gasteiger partial charge in [-0.2, -0.15) is 0 Å². The molecule has 0 saturated heterocycles. The van der Waals surface area contributed by atoms with Crippen LogP contribution in [0.25, 0.3) is 0 Å². The fraction of sp³-hybridized carbons (Fsp3) is 0.545. The lowest BCUT2D eigenvalue weighted by molar-refractivity contribution is 0.230. The monoisotopic (exact) mass is 194 g/mol. The zero-order valence-corrected chi connectivity index (χ0v) is 8.77. The number of aromatic nitrogens is 1. The van der Waals surface area contributed by atoms with Crippen molar-refractivity contribution in [3.8, 4) is 0 Å². The lowest BCUT2D eigenvalue weighted by Crippen LogP contribution is -2.33. The smallest absolute Gasteiger partial charge is 0.0584 e. The van der Waals surface area contributed by atoms with Gasteiger partial charge in [-0.1, -0.05) is 13.0 Å². The van der Waals surface area contributed by atoms with Crippen molar-refractivity contribution in [2.75, 3.05) is 6.61 Å². The van der Waals surface area contributed by atoms with E-state index >= 15 is 0 Å². The third-order valence-corrected chi connectivity index (χ3v) is 2.38. The lowest BCUT2D eigenvalue weighted by Gasteiger charge is -2.20. The first-order valence-electron chi connectivity index (χ1n) is 5.04. The van der Waals surface area contributed by atoms with Crippen LogP contribution in [-0.2, 0) is 0 Å². The molecular weight excluding hydrogens is 176 g/mol. The number of hydrogen-bond acceptors (Lipinski definition) is 3. The van der Waals surface area contributed by atoms with E-state index in [4.69, 9.17) is 5.11 Å². The second kappa shape index (κ2) is 5.73. The topological polar surface area (TPSA) is 45.1 Å². The Morgan fingerprint density at radius 2 is 2.36 bits per heavy atom. The molecule has 0 amide bonds. The summed E-state index contributed by atoms with van der Waals surface area (Å²) >= 11 is 0. The van der Waals surface area contributed by atoms with Crippen LogP contribution >= 0.6 is 0 Å². The second-order valence-corrected chi connectivity index (χ2v) is 3.46. The highest BCUT2D eigenvalue weighted by molar-refractivity contribution is 5.12. The van der Waals surface area contributed by atoms with Crippen molar-refractivity contribution in [3.63, 3.8) is 0 Å². The van der Waals surface area contributed by atoms with Crippen molar-refractivity contribution in [3.05, 3.63) is 30.1 Å². The molecule has 78 valence electrons. The van der Waals surface area contributed by atoms with Crippen LogP contribution in [0.5, 0.6) is 0 Å². The summed E-state index contributed by atoms with van der Waals surface area (Å²) in [6.07, 6.45) is 4.54. The van der Waals surface area contributed by atoms with E-state index in [1.807, 2.05) is 18.3 Å². The van der Waals surface area contributed by atoms with Crippen molar-refractivity contribution in [1.29, 1.82) is 0 Å². The molecule has 3 heteroatoms. The van der Waals surface area contributed by atoms with Crippen molar-refractivity contribution >= 4 is 0 Å². The Morgan fingerprint density at radius 3 is 2.86 bits per heavy atom. The van der Waals surface area contributed by atoms with E-state index < -0.39 is 0 Å². The van der Waals surface area contributed by atoms with E-state index in [2.05, 4.69) is 24.1 Å². The third kappa shape index (κ3) is 3.09. The second-order valence-electron chi connectivity index (χ2n) is 3.46. The summed E-state index contributed by atoms with van der Waals surface area (Å²) in [6.45, 7) is 4.32. The van der Waals surface area contributed by atoms with Gasteiger partial charge in [0.25, 0.3) is 0 Å². The highest BCUT2D eigenvalue weighted by Crippen LogP contribution is 2.11. The van der Waals surface area contributed by atoms with Crippen LogP contribution in [0.1, 0.15) is 31.9 Å². The van der Waals surface area contributed by atoms with Crippen LogP contribution in [0.15, 0.2) is 24.5 Å². The van der Waals surface area contributed by atoms with Gasteiger partial charge in [-0.3, -0.25) is 4.98 Å². The molecule has 0 spiro atoms. The van der Waals surface area contributed by atoms with E-state index in [9.17, 15) is 0 Å². The maximum Gasteiger partial charge on any atom is 0.0584 e. The van der Waals surface area contributed by atoms with E-state index in [1.165, 1.54) is 0 Å². The number of nitrogens with zero attached hydrogens (tertiary/aromatic N) is 1. The van der Waals surface area contributed by atoms with Crippen LogP contribution in [0.3, 0.4) is 0 Å². The number of aliphatic hydroxyl groups is 1. The van der Waals surface area contributed by atoms with Crippen LogP contribution in [-0.4, -0.2) is 22.7 Å². The molecule has 0 aliphatic heterocycles. The molecule has 1 aromatic heterocycles. The Labute approximate surface area is 85.2 Å². The predicted molar refractivity (Wildman–Crippen MR) is 57.0 cm³/mol. The number of hydrogen-bond donors (Lipinski definition) is 2. The molecule has 0 bridgehead atoms. The molecule has 0 aliphatic carbocycles. The molecule has 2 N–H and O–H groups in total. The highest BCUT2D eigenvalue weighted by Gasteiger charge is 2.10. The van der Waals surface area contributed by atoms with Gasteiger partial charge in [0, 0.05) is 24.5 Å². The Bertz CT molecular complexity index is 247. The first-order chi connectivity index (χ1) is 6.77. The SMILES string of the molecule is CCC(CO)NC(C)c1cccnc1. The Hall–Kier alpha value is -0.930. The molecule has 0 radical (unpaired) electrons. The molecule has 0 saturated carbocycles. The summed E-state index contributed by atoms with van der Waals surface area (Å²) in [4.78, 5) is 4.06. The van der Waals surface area contributed by atoms with Gasteiger partial charge >= 0.3 is 0 Å². The fourth-order valence-corrected chi connectivity index (χ4v) is 1.38. The normalized spacial score (nSPS) is 15.1. The Balaban J connectivity index is 2.54. The molecule has 1 aromatic rings. The van der Waals surface area contributed by atoms with E-state index in [1.54, 1.807) is 6.20 Å². The van der Waals surface area contributed by atoms with E-state index in [-0.39, 0.29) is 18.7 Å². The van der Waals surface area contributed by atoms with Crippen molar-refractivity contribution in [2.45, 2.75) is 32.4 Å². The zero-order valence-electron chi connectivity index (χ0n) is 8.77. The van der Waals surface area contributed by atoms with E-state index in [0.29, 0.717) is 0 Å². The number of aliphatic hydroxyl groups excluding tert-OH is 1. The van der Waals surface area contributed by atoms with Crippen molar-refractivity contribution in [1.82, 2.24) is 10.3 Å². The molecule has 2 atom stereocenters. The molecule has 2 unspecified atom stereocenters. The van der Waals surface area contributed by atoms with Crippen LogP contribution < -0.4 is 5.32 Å². The van der Waals surface area contributed by atoms with Crippen LogP contribution in [0.4, 0.5) is 0 Å². The molecule has 0 aliphatic rings. The predicted octanol–water partition coefficient (Wildman–Crippen LogP) is 1.50. The summed E-state index contributed by atoms with van der Waals surface area (Å²) in [5.41, 5.74) is 1.15. The maximum absolute atomic E-state index is 9.04. The minimum absolute atomic E-state index is 0.171. The van der Waals surface area contributed by atoms with E-state index in [0.717, 1.165) is 12.0 Å². The molecule has 0 aromatic carbocycles. The largest absolute Gasteiger partial charge is 0.395 e. The first kappa shape index (κ1) is 11.1. The zero-order chi connectivity index (χ0) is 10.4. The molecule has 0 fully saturated rings. The molecule has 3 nitrogen and oxygen atoms in total. The highest BCUT2D eigenvalue weighted by atomic mass is 16.3. The number of rotatable bonds is 5. The van der Waals surface area contributed by atoms with Gasteiger partial charge in [-0.25, -0.2) is 0 Å². The quantitative estimate of drug-likeness (QED) is 0.746. The Morgan fingerprint density at radius 1 is 1.57 bits per heavy atom. The standard InChI is InChI=1S/C11H18N2O/c1-3-11(8-14)13-9(2)10-5-4-6-12-7-10/h4-7,9,11,13-14H,3,8H2,1-2H3. The summed E-state index contributed by atoms with van der Waals surface area (Å²) in [6, 6.07) is 4.37. The third-order valence-electron chi connectivity index (χ3n) is 2.38. The maximum atomic E-state index is 9.04. The summed E-state index contributed by atoms with van der Waals surface area (Å²) in [5.74, 6) is 0. The molecule has 14 heavy (non-hydrogen) atoms. The van der Waals surface area contributed by atoms with Crippen LogP contribution in [0, 0.1) is 0 Å². The average molecular weight is 194 g/mol. The first-order valence-corrected chi connectivity index (χ1v) is 5.04. The van der Waals surface area contributed by atoms with Gasteiger partial charge in [0.15, 0.2) is 0 Å². The minimum Gasteiger partial charge on any atom is -0.395 e. The Kier molecular flexibility index (Phi) is 4.56. The number of pyridine rings is 1. The van der Waals surface area contributed by atoms with Crippen LogP contribution in [0.2, 0.25) is 0 Å². The minimum atomic E-state index is 0.171. The van der Waals surface area contributed by atoms with Crippen molar-refractivity contribution in [2.24, 2.45) is 0 Å². The summed E-state index contributed by atoms with van der Waals surface area (Å²) in [5, 5.41) is 12.4. The molecular formula is C11H18N2O. The summed E-state index contributed by atoms with van der Waals surface area (Å²) < 4.78 is 0. The number of nitrogens with one attached hydrogen (secondary N) is 1. The van der Waals surface area contributed by atoms with Gasteiger partial charge in [0.1, 0.15) is 0 Å². The molecule has 1 rings (SSSR count).